The molecule has 1 amide bonds. The molecule has 1 aromatic heterocycles. The van der Waals surface area contributed by atoms with Crippen molar-refractivity contribution in [3.63, 3.8) is 0 Å². The van der Waals surface area contributed by atoms with Gasteiger partial charge in [0.2, 0.25) is 5.91 Å². The standard InChI is InChI=1S/C11H18N4O/c1-8(2)6-14-11(16)7-13-10-4-5-12-9(3)15-10/h4-5,8H,6-7H2,1-3H3,(H,14,16)(H,12,13,15). The number of anilines is 1. The maximum absolute atomic E-state index is 11.4. The minimum Gasteiger partial charge on any atom is -0.361 e. The van der Waals surface area contributed by atoms with Crippen molar-refractivity contribution in [1.29, 1.82) is 0 Å². The third-order valence-electron chi connectivity index (χ3n) is 1.91. The van der Waals surface area contributed by atoms with E-state index in [1.807, 2.05) is 6.92 Å². The topological polar surface area (TPSA) is 66.9 Å². The Hall–Kier alpha value is -1.65. The van der Waals surface area contributed by atoms with E-state index < -0.39 is 0 Å². The first kappa shape index (κ1) is 12.4. The van der Waals surface area contributed by atoms with E-state index in [1.165, 1.54) is 0 Å². The summed E-state index contributed by atoms with van der Waals surface area (Å²) >= 11 is 0. The maximum atomic E-state index is 11.4. The molecule has 5 nitrogen and oxygen atoms in total. The molecule has 0 bridgehead atoms. The van der Waals surface area contributed by atoms with Crippen LogP contribution in [0.1, 0.15) is 19.7 Å². The van der Waals surface area contributed by atoms with Crippen molar-refractivity contribution >= 4 is 11.7 Å². The normalized spacial score (nSPS) is 10.2. The fourth-order valence-electron chi connectivity index (χ4n) is 1.11. The molecule has 16 heavy (non-hydrogen) atoms. The number of aryl methyl sites for hydroxylation is 1. The average molecular weight is 222 g/mol. The van der Waals surface area contributed by atoms with Crippen molar-refractivity contribution < 1.29 is 4.79 Å². The summed E-state index contributed by atoms with van der Waals surface area (Å²) in [6.07, 6.45) is 1.66. The molecule has 0 aromatic carbocycles. The number of amides is 1. The minimum atomic E-state index is -0.0232. The predicted molar refractivity (Wildman–Crippen MR) is 63.1 cm³/mol. The molecule has 0 saturated heterocycles. The van der Waals surface area contributed by atoms with Gasteiger partial charge in [0, 0.05) is 12.7 Å². The van der Waals surface area contributed by atoms with Crippen LogP contribution in [0.3, 0.4) is 0 Å². The summed E-state index contributed by atoms with van der Waals surface area (Å²) in [6, 6.07) is 1.74. The van der Waals surface area contributed by atoms with E-state index in [4.69, 9.17) is 0 Å². The monoisotopic (exact) mass is 222 g/mol. The van der Waals surface area contributed by atoms with Gasteiger partial charge in [-0.3, -0.25) is 4.79 Å². The van der Waals surface area contributed by atoms with Gasteiger partial charge in [0.25, 0.3) is 0 Å². The first-order valence-electron chi connectivity index (χ1n) is 5.38. The van der Waals surface area contributed by atoms with Crippen LogP contribution in [0.4, 0.5) is 5.82 Å². The van der Waals surface area contributed by atoms with Crippen molar-refractivity contribution in [1.82, 2.24) is 15.3 Å². The fraction of sp³-hybridized carbons (Fsp3) is 0.545. The van der Waals surface area contributed by atoms with Crippen molar-refractivity contribution in [3.05, 3.63) is 18.1 Å². The first-order chi connectivity index (χ1) is 7.58. The molecule has 0 unspecified atom stereocenters. The van der Waals surface area contributed by atoms with Crippen LogP contribution < -0.4 is 10.6 Å². The molecule has 0 aliphatic rings. The minimum absolute atomic E-state index is 0.0232. The van der Waals surface area contributed by atoms with Crippen LogP contribution in [-0.2, 0) is 4.79 Å². The fourth-order valence-corrected chi connectivity index (χ4v) is 1.11. The number of hydrogen-bond donors (Lipinski definition) is 2. The quantitative estimate of drug-likeness (QED) is 0.779. The van der Waals surface area contributed by atoms with Gasteiger partial charge in [-0.25, -0.2) is 9.97 Å². The molecule has 0 aliphatic heterocycles. The predicted octanol–water partition coefficient (Wildman–Crippen LogP) is 0.969. The number of hydrogen-bond acceptors (Lipinski definition) is 4. The Bertz CT molecular complexity index is 352. The van der Waals surface area contributed by atoms with E-state index in [9.17, 15) is 4.79 Å². The van der Waals surface area contributed by atoms with Gasteiger partial charge in [0.15, 0.2) is 0 Å². The molecule has 5 heteroatoms. The number of nitrogens with one attached hydrogen (secondary N) is 2. The van der Waals surface area contributed by atoms with Crippen LogP contribution in [0.2, 0.25) is 0 Å². The molecule has 88 valence electrons. The summed E-state index contributed by atoms with van der Waals surface area (Å²) in [5, 5.41) is 5.77. The van der Waals surface area contributed by atoms with E-state index in [0.717, 1.165) is 0 Å². The van der Waals surface area contributed by atoms with Crippen molar-refractivity contribution in [3.8, 4) is 0 Å². The van der Waals surface area contributed by atoms with Crippen LogP contribution >= 0.6 is 0 Å². The summed E-state index contributed by atoms with van der Waals surface area (Å²) in [6.45, 7) is 6.86. The maximum Gasteiger partial charge on any atom is 0.239 e. The van der Waals surface area contributed by atoms with E-state index in [-0.39, 0.29) is 12.5 Å². The number of nitrogens with zero attached hydrogens (tertiary/aromatic N) is 2. The Morgan fingerprint density at radius 3 is 2.88 bits per heavy atom. The first-order valence-corrected chi connectivity index (χ1v) is 5.38. The van der Waals surface area contributed by atoms with Crippen LogP contribution in [-0.4, -0.2) is 29.0 Å². The van der Waals surface area contributed by atoms with Gasteiger partial charge in [0.1, 0.15) is 11.6 Å². The van der Waals surface area contributed by atoms with Crippen molar-refractivity contribution in [2.75, 3.05) is 18.4 Å². The highest BCUT2D eigenvalue weighted by Crippen LogP contribution is 1.99. The SMILES string of the molecule is Cc1nccc(NCC(=O)NCC(C)C)n1. The van der Waals surface area contributed by atoms with Gasteiger partial charge in [-0.2, -0.15) is 0 Å². The highest BCUT2D eigenvalue weighted by molar-refractivity contribution is 5.80. The zero-order valence-corrected chi connectivity index (χ0v) is 9.95. The molecule has 0 fully saturated rings. The second-order valence-corrected chi connectivity index (χ2v) is 4.04. The lowest BCUT2D eigenvalue weighted by Gasteiger charge is -2.08. The van der Waals surface area contributed by atoms with Crippen LogP contribution in [0.25, 0.3) is 0 Å². The van der Waals surface area contributed by atoms with Gasteiger partial charge in [-0.1, -0.05) is 13.8 Å². The molecule has 2 N–H and O–H groups in total. The summed E-state index contributed by atoms with van der Waals surface area (Å²) in [5.41, 5.74) is 0. The van der Waals surface area contributed by atoms with Crippen LogP contribution in [0.5, 0.6) is 0 Å². The van der Waals surface area contributed by atoms with Gasteiger partial charge in [0.05, 0.1) is 6.54 Å². The molecule has 0 radical (unpaired) electrons. The van der Waals surface area contributed by atoms with Gasteiger partial charge in [-0.15, -0.1) is 0 Å². The van der Waals surface area contributed by atoms with Gasteiger partial charge in [-0.05, 0) is 18.9 Å². The van der Waals surface area contributed by atoms with E-state index >= 15 is 0 Å². The lowest BCUT2D eigenvalue weighted by Crippen LogP contribution is -2.32. The van der Waals surface area contributed by atoms with E-state index in [2.05, 4.69) is 34.4 Å². The molecular weight excluding hydrogens is 204 g/mol. The molecule has 1 rings (SSSR count). The summed E-state index contributed by atoms with van der Waals surface area (Å²) in [4.78, 5) is 19.5. The highest BCUT2D eigenvalue weighted by Gasteiger charge is 2.02. The van der Waals surface area contributed by atoms with Gasteiger partial charge < -0.3 is 10.6 Å². The Morgan fingerprint density at radius 1 is 1.50 bits per heavy atom. The zero-order chi connectivity index (χ0) is 12.0. The number of aromatic nitrogens is 2. The highest BCUT2D eigenvalue weighted by atomic mass is 16.1. The number of carbonyl (C=O) groups excluding carboxylic acids is 1. The largest absolute Gasteiger partial charge is 0.361 e. The smallest absolute Gasteiger partial charge is 0.239 e. The van der Waals surface area contributed by atoms with Crippen molar-refractivity contribution in [2.45, 2.75) is 20.8 Å². The Balaban J connectivity index is 2.31. The van der Waals surface area contributed by atoms with E-state index in [1.54, 1.807) is 12.3 Å². The molecule has 1 aromatic rings. The second-order valence-electron chi connectivity index (χ2n) is 4.04. The summed E-state index contributed by atoms with van der Waals surface area (Å²) in [7, 11) is 0. The molecule has 0 saturated carbocycles. The summed E-state index contributed by atoms with van der Waals surface area (Å²) < 4.78 is 0. The molecular formula is C11H18N4O. The third-order valence-corrected chi connectivity index (χ3v) is 1.91. The molecule has 0 aliphatic carbocycles. The Morgan fingerprint density at radius 2 is 2.25 bits per heavy atom. The second kappa shape index (κ2) is 6.05. The number of carbonyl (C=O) groups is 1. The molecule has 1 heterocycles. The Labute approximate surface area is 95.7 Å². The molecule has 0 atom stereocenters. The van der Waals surface area contributed by atoms with Crippen LogP contribution in [0, 0.1) is 12.8 Å². The number of rotatable bonds is 5. The molecule has 0 spiro atoms. The summed E-state index contributed by atoms with van der Waals surface area (Å²) in [5.74, 6) is 1.80. The van der Waals surface area contributed by atoms with Crippen LogP contribution in [0.15, 0.2) is 12.3 Å². The van der Waals surface area contributed by atoms with E-state index in [0.29, 0.717) is 24.1 Å². The van der Waals surface area contributed by atoms with Gasteiger partial charge >= 0.3 is 0 Å². The van der Waals surface area contributed by atoms with Crippen molar-refractivity contribution in [2.24, 2.45) is 5.92 Å². The third kappa shape index (κ3) is 4.72. The lowest BCUT2D eigenvalue weighted by molar-refractivity contribution is -0.119. The average Bonchev–Trinajstić information content (AvgIpc) is 2.23. The Kier molecular flexibility index (Phi) is 4.69. The zero-order valence-electron chi connectivity index (χ0n) is 9.95. The lowest BCUT2D eigenvalue weighted by atomic mass is 10.2.